The summed E-state index contributed by atoms with van der Waals surface area (Å²) in [6.07, 6.45) is -3.54. The highest BCUT2D eigenvalue weighted by atomic mass is 16.4. The van der Waals surface area contributed by atoms with Gasteiger partial charge < -0.3 is 30.6 Å². The van der Waals surface area contributed by atoms with Crippen molar-refractivity contribution in [1.29, 1.82) is 0 Å². The largest absolute Gasteiger partial charge is 0.479 e. The minimum atomic E-state index is -2.27. The van der Waals surface area contributed by atoms with Crippen LogP contribution in [0.2, 0.25) is 0 Å². The molecule has 0 aliphatic rings. The van der Waals surface area contributed by atoms with Crippen molar-refractivity contribution in [3.8, 4) is 0 Å². The van der Waals surface area contributed by atoms with Crippen LogP contribution in [0.5, 0.6) is 0 Å². The van der Waals surface area contributed by atoms with Crippen molar-refractivity contribution >= 4 is 17.9 Å². The summed E-state index contributed by atoms with van der Waals surface area (Å²) < 4.78 is 0. The summed E-state index contributed by atoms with van der Waals surface area (Å²) in [5.74, 6) is -4.69. The van der Waals surface area contributed by atoms with Gasteiger partial charge in [-0.1, -0.05) is 13.3 Å². The van der Waals surface area contributed by atoms with Crippen molar-refractivity contribution in [3.63, 3.8) is 0 Å². The Morgan fingerprint density at radius 1 is 1.00 bits per heavy atom. The number of carboxylic acid groups (broad SMARTS) is 3. The molecule has 0 saturated heterocycles. The molecule has 0 aromatic carbocycles. The molecule has 0 fully saturated rings. The molecule has 0 aromatic heterocycles. The number of aliphatic carboxylic acids is 3. The van der Waals surface area contributed by atoms with Gasteiger partial charge in [-0.25, -0.2) is 14.4 Å². The SMILES string of the molecule is CCCC(C)(O)C(=O)O.O=C(O)C(O)C(O)C(=O)O. The van der Waals surface area contributed by atoms with E-state index < -0.39 is 35.7 Å². The number of carbonyl (C=O) groups is 3. The highest BCUT2D eigenvalue weighted by molar-refractivity contribution is 5.83. The maximum atomic E-state index is 10.2. The lowest BCUT2D eigenvalue weighted by Crippen LogP contribution is -2.39. The molecule has 0 bridgehead atoms. The molecule has 0 heterocycles. The monoisotopic (exact) mass is 282 g/mol. The number of rotatable bonds is 6. The molecule has 0 rings (SSSR count). The fourth-order valence-corrected chi connectivity index (χ4v) is 0.864. The first-order valence-electron chi connectivity index (χ1n) is 5.24. The van der Waals surface area contributed by atoms with Crippen molar-refractivity contribution in [3.05, 3.63) is 0 Å². The maximum Gasteiger partial charge on any atom is 0.335 e. The average molecular weight is 282 g/mol. The topological polar surface area (TPSA) is 173 Å². The Bertz CT molecular complexity index is 305. The van der Waals surface area contributed by atoms with E-state index in [1.807, 2.05) is 6.92 Å². The number of hydrogen-bond acceptors (Lipinski definition) is 6. The van der Waals surface area contributed by atoms with Gasteiger partial charge in [0, 0.05) is 0 Å². The van der Waals surface area contributed by atoms with E-state index in [2.05, 4.69) is 0 Å². The highest BCUT2D eigenvalue weighted by Crippen LogP contribution is 2.10. The van der Waals surface area contributed by atoms with E-state index in [1.54, 1.807) is 0 Å². The van der Waals surface area contributed by atoms with Crippen LogP contribution in [0.15, 0.2) is 0 Å². The molecular weight excluding hydrogens is 264 g/mol. The second-order valence-electron chi connectivity index (χ2n) is 3.90. The van der Waals surface area contributed by atoms with Crippen molar-refractivity contribution in [2.45, 2.75) is 44.5 Å². The molecular formula is C10H18O9. The molecule has 3 unspecified atom stereocenters. The Morgan fingerprint density at radius 3 is 1.42 bits per heavy atom. The first-order chi connectivity index (χ1) is 8.47. The molecule has 0 radical (unpaired) electrons. The molecule has 0 amide bonds. The molecule has 0 aliphatic carbocycles. The van der Waals surface area contributed by atoms with E-state index >= 15 is 0 Å². The van der Waals surface area contributed by atoms with E-state index in [0.717, 1.165) is 0 Å². The Kier molecular flexibility index (Phi) is 8.68. The van der Waals surface area contributed by atoms with Gasteiger partial charge in [0.15, 0.2) is 17.8 Å². The maximum absolute atomic E-state index is 10.2. The summed E-state index contributed by atoms with van der Waals surface area (Å²) in [6.45, 7) is 3.14. The Hall–Kier alpha value is -1.71. The minimum absolute atomic E-state index is 0.308. The van der Waals surface area contributed by atoms with Gasteiger partial charge in [-0.15, -0.1) is 0 Å². The third-order valence-corrected chi connectivity index (χ3v) is 2.00. The van der Waals surface area contributed by atoms with E-state index in [9.17, 15) is 14.4 Å². The summed E-state index contributed by atoms with van der Waals surface area (Å²) in [7, 11) is 0. The minimum Gasteiger partial charge on any atom is -0.479 e. The van der Waals surface area contributed by atoms with Crippen LogP contribution < -0.4 is 0 Å². The van der Waals surface area contributed by atoms with Gasteiger partial charge in [0.05, 0.1) is 0 Å². The average Bonchev–Trinajstić information content (AvgIpc) is 2.27. The molecule has 6 N–H and O–H groups in total. The molecule has 0 saturated carbocycles. The van der Waals surface area contributed by atoms with Crippen LogP contribution >= 0.6 is 0 Å². The smallest absolute Gasteiger partial charge is 0.335 e. The Balaban J connectivity index is 0. The number of carboxylic acids is 3. The fourth-order valence-electron chi connectivity index (χ4n) is 0.864. The zero-order valence-electron chi connectivity index (χ0n) is 10.5. The highest BCUT2D eigenvalue weighted by Gasteiger charge is 2.29. The van der Waals surface area contributed by atoms with Crippen molar-refractivity contribution in [2.24, 2.45) is 0 Å². The molecule has 9 heteroatoms. The van der Waals surface area contributed by atoms with E-state index in [-0.39, 0.29) is 0 Å². The molecule has 0 aromatic rings. The van der Waals surface area contributed by atoms with Gasteiger partial charge in [-0.3, -0.25) is 0 Å². The van der Waals surface area contributed by atoms with Crippen LogP contribution in [0.4, 0.5) is 0 Å². The molecule has 9 nitrogen and oxygen atoms in total. The van der Waals surface area contributed by atoms with Crippen molar-refractivity contribution in [2.75, 3.05) is 0 Å². The van der Waals surface area contributed by atoms with Gasteiger partial charge in [-0.05, 0) is 13.3 Å². The predicted octanol–water partition coefficient (Wildman–Crippen LogP) is -1.50. The summed E-state index contributed by atoms with van der Waals surface area (Å²) >= 11 is 0. The number of aliphatic hydroxyl groups excluding tert-OH is 2. The van der Waals surface area contributed by atoms with Gasteiger partial charge in [-0.2, -0.15) is 0 Å². The molecule has 19 heavy (non-hydrogen) atoms. The Morgan fingerprint density at radius 2 is 1.32 bits per heavy atom. The third-order valence-electron chi connectivity index (χ3n) is 2.00. The van der Waals surface area contributed by atoms with Gasteiger partial charge in [0.25, 0.3) is 0 Å². The van der Waals surface area contributed by atoms with Crippen LogP contribution in [-0.4, -0.2) is 66.4 Å². The predicted molar refractivity (Wildman–Crippen MR) is 60.5 cm³/mol. The van der Waals surface area contributed by atoms with Gasteiger partial charge >= 0.3 is 17.9 Å². The van der Waals surface area contributed by atoms with Crippen molar-refractivity contribution in [1.82, 2.24) is 0 Å². The quantitative estimate of drug-likeness (QED) is 0.339. The lowest BCUT2D eigenvalue weighted by Gasteiger charge is -2.15. The summed E-state index contributed by atoms with van der Waals surface area (Å²) in [6, 6.07) is 0. The summed E-state index contributed by atoms with van der Waals surface area (Å²) in [5, 5.41) is 49.8. The van der Waals surface area contributed by atoms with E-state index in [1.165, 1.54) is 6.92 Å². The second-order valence-corrected chi connectivity index (χ2v) is 3.90. The molecule has 0 aliphatic heterocycles. The molecule has 3 atom stereocenters. The number of aliphatic hydroxyl groups is 3. The van der Waals surface area contributed by atoms with Crippen LogP contribution in [0.1, 0.15) is 26.7 Å². The first kappa shape index (κ1) is 19.6. The van der Waals surface area contributed by atoms with Crippen LogP contribution in [0, 0.1) is 0 Å². The van der Waals surface area contributed by atoms with E-state index in [0.29, 0.717) is 12.8 Å². The van der Waals surface area contributed by atoms with Gasteiger partial charge in [0.1, 0.15) is 0 Å². The first-order valence-corrected chi connectivity index (χ1v) is 5.24. The van der Waals surface area contributed by atoms with Crippen LogP contribution in [0.3, 0.4) is 0 Å². The normalized spacial score (nSPS) is 16.3. The lowest BCUT2D eigenvalue weighted by atomic mass is 10.0. The lowest BCUT2D eigenvalue weighted by molar-refractivity contribution is -0.165. The number of hydrogen-bond donors (Lipinski definition) is 6. The fraction of sp³-hybridized carbons (Fsp3) is 0.700. The van der Waals surface area contributed by atoms with Crippen molar-refractivity contribution < 1.29 is 45.0 Å². The van der Waals surface area contributed by atoms with Crippen LogP contribution in [0.25, 0.3) is 0 Å². The summed E-state index contributed by atoms with van der Waals surface area (Å²) in [4.78, 5) is 29.7. The Labute approximate surface area is 108 Å². The summed E-state index contributed by atoms with van der Waals surface area (Å²) in [5.41, 5.74) is -1.53. The standard InChI is InChI=1S/C6H12O3.C4H6O6/c1-3-4-6(2,9)5(7)8;5-1(3(7)8)2(6)4(9)10/h9H,3-4H2,1-2H3,(H,7,8);1-2,5-6H,(H,7,8)(H,9,10). The second kappa shape index (κ2) is 8.40. The molecule has 0 spiro atoms. The van der Waals surface area contributed by atoms with Crippen LogP contribution in [-0.2, 0) is 14.4 Å². The third kappa shape index (κ3) is 8.08. The zero-order valence-corrected chi connectivity index (χ0v) is 10.5. The van der Waals surface area contributed by atoms with Gasteiger partial charge in [0.2, 0.25) is 0 Å². The van der Waals surface area contributed by atoms with E-state index in [4.69, 9.17) is 30.6 Å². The zero-order chi connectivity index (χ0) is 15.8. The molecule has 112 valence electrons.